The minimum atomic E-state index is -1.52. The number of nitrogens with zero attached hydrogens (tertiary/aromatic N) is 2. The number of carboxylic acids is 4. The van der Waals surface area contributed by atoms with Crippen molar-refractivity contribution in [1.29, 1.82) is 0 Å². The van der Waals surface area contributed by atoms with Crippen LogP contribution in [-0.2, 0) is 19.2 Å². The van der Waals surface area contributed by atoms with Crippen LogP contribution < -0.4 is 66.7 Å². The van der Waals surface area contributed by atoms with Crippen molar-refractivity contribution in [1.82, 2.24) is 9.80 Å². The Labute approximate surface area is 198 Å². The maximum Gasteiger partial charge on any atom is 2.00 e. The molecule has 10 nitrogen and oxygen atoms in total. The molecule has 0 unspecified atom stereocenters. The topological polar surface area (TPSA) is 164 Å². The Morgan fingerprint density at radius 3 is 1.23 bits per heavy atom. The fourth-order valence-corrected chi connectivity index (χ4v) is 1.45. The van der Waals surface area contributed by atoms with Crippen molar-refractivity contribution in [3.05, 3.63) is 0 Å². The second-order valence-electron chi connectivity index (χ2n) is 3.93. The molecule has 0 heterocycles. The molecule has 0 bridgehead atoms. The predicted molar refractivity (Wildman–Crippen MR) is 61.3 cm³/mol. The minimum absolute atomic E-state index is 0. The van der Waals surface area contributed by atoms with Crippen LogP contribution in [0.25, 0.3) is 0 Å². The molecule has 22 heavy (non-hydrogen) atoms. The number of carbonyl (C=O) groups is 4. The molecule has 0 aliphatic rings. The number of carbonyl (C=O) groups excluding carboxylic acids is 3. The van der Waals surface area contributed by atoms with Crippen molar-refractivity contribution in [2.24, 2.45) is 0 Å². The molecule has 0 aromatic carbocycles. The third kappa shape index (κ3) is 17.1. The van der Waals surface area contributed by atoms with Crippen molar-refractivity contribution in [3.63, 3.8) is 0 Å². The Kier molecular flexibility index (Phi) is 19.1. The second kappa shape index (κ2) is 15.2. The van der Waals surface area contributed by atoms with Crippen LogP contribution in [0.15, 0.2) is 0 Å². The second-order valence-corrected chi connectivity index (χ2v) is 3.93. The van der Waals surface area contributed by atoms with Gasteiger partial charge in [0.15, 0.2) is 0 Å². The van der Waals surface area contributed by atoms with Crippen LogP contribution in [0.4, 0.5) is 0 Å². The standard InChI is InChI=1S/C10H16N2O8.Ca.K/c13-7(14)3-11(4-8(15)16)1-2-12(5-9(17)18)6-10(19)20;;/h1-6H2,(H,13,14)(H,15,16)(H,17,18)(H,19,20);;/q;+2;+1/p-3. The molecule has 0 aromatic rings. The van der Waals surface area contributed by atoms with Crippen molar-refractivity contribution >= 4 is 61.6 Å². The smallest absolute Gasteiger partial charge is 0.549 e. The minimum Gasteiger partial charge on any atom is -0.549 e. The maximum atomic E-state index is 10.5. The molecular weight excluding hydrogens is 355 g/mol. The van der Waals surface area contributed by atoms with Gasteiger partial charge in [0.1, 0.15) is 0 Å². The van der Waals surface area contributed by atoms with E-state index in [0.717, 1.165) is 9.80 Å². The van der Waals surface area contributed by atoms with Gasteiger partial charge in [-0.25, -0.2) is 0 Å². The molecule has 0 radical (unpaired) electrons. The van der Waals surface area contributed by atoms with Crippen LogP contribution in [0.5, 0.6) is 0 Å². The molecule has 0 aliphatic carbocycles. The van der Waals surface area contributed by atoms with Crippen molar-refractivity contribution in [2.75, 3.05) is 39.3 Å². The first-order valence-electron chi connectivity index (χ1n) is 5.46. The van der Waals surface area contributed by atoms with Gasteiger partial charge in [-0.05, 0) is 0 Å². The summed E-state index contributed by atoms with van der Waals surface area (Å²) in [5, 5.41) is 39.8. The summed E-state index contributed by atoms with van der Waals surface area (Å²) in [7, 11) is 0. The Bertz CT molecular complexity index is 327. The molecule has 0 spiro atoms. The van der Waals surface area contributed by atoms with Crippen LogP contribution in [0.1, 0.15) is 0 Å². The Morgan fingerprint density at radius 2 is 1.00 bits per heavy atom. The third-order valence-corrected chi connectivity index (χ3v) is 2.15. The fraction of sp³-hybridized carbons (Fsp3) is 0.600. The van der Waals surface area contributed by atoms with E-state index in [1.807, 2.05) is 0 Å². The molecule has 0 fully saturated rings. The van der Waals surface area contributed by atoms with E-state index in [2.05, 4.69) is 0 Å². The summed E-state index contributed by atoms with van der Waals surface area (Å²) >= 11 is 0. The van der Waals surface area contributed by atoms with Crippen LogP contribution in [-0.4, -0.2) is 116 Å². The molecule has 0 aliphatic heterocycles. The molecule has 0 saturated carbocycles. The number of rotatable bonds is 11. The van der Waals surface area contributed by atoms with Gasteiger partial charge in [0.25, 0.3) is 0 Å². The van der Waals surface area contributed by atoms with Crippen LogP contribution in [0.2, 0.25) is 0 Å². The SMILES string of the molecule is O=C([O-])CN(CCN(CC(=O)[O-])CC(=O)O)CC(=O)[O-].[Ca+2].[K+]. The summed E-state index contributed by atoms with van der Waals surface area (Å²) in [4.78, 5) is 43.7. The van der Waals surface area contributed by atoms with E-state index < -0.39 is 50.1 Å². The van der Waals surface area contributed by atoms with E-state index in [1.54, 1.807) is 0 Å². The summed E-state index contributed by atoms with van der Waals surface area (Å²) in [5.41, 5.74) is 0. The first-order chi connectivity index (χ1) is 9.20. The number of hydrogen-bond acceptors (Lipinski definition) is 9. The van der Waals surface area contributed by atoms with Gasteiger partial charge in [-0.3, -0.25) is 14.6 Å². The zero-order chi connectivity index (χ0) is 15.7. The third-order valence-electron chi connectivity index (χ3n) is 2.15. The summed E-state index contributed by atoms with van der Waals surface area (Å²) in [5.74, 6) is -5.82. The van der Waals surface area contributed by atoms with Gasteiger partial charge in [-0.2, -0.15) is 0 Å². The first-order valence-corrected chi connectivity index (χ1v) is 5.46. The summed E-state index contributed by atoms with van der Waals surface area (Å²) in [6, 6.07) is 0. The average molecular weight is 368 g/mol. The van der Waals surface area contributed by atoms with Gasteiger partial charge < -0.3 is 34.8 Å². The Balaban J connectivity index is -0.00000180. The summed E-state index contributed by atoms with van der Waals surface area (Å²) in [6.07, 6.45) is 0. The zero-order valence-electron chi connectivity index (χ0n) is 12.1. The quantitative estimate of drug-likeness (QED) is 0.346. The molecule has 1 N–H and O–H groups in total. The van der Waals surface area contributed by atoms with Crippen molar-refractivity contribution < 1.29 is 91.0 Å². The van der Waals surface area contributed by atoms with E-state index >= 15 is 0 Å². The molecule has 0 rings (SSSR count). The molecule has 0 aromatic heterocycles. The first kappa shape index (κ1) is 27.5. The van der Waals surface area contributed by atoms with Gasteiger partial charge in [-0.15, -0.1) is 0 Å². The van der Waals surface area contributed by atoms with E-state index in [1.165, 1.54) is 0 Å². The molecule has 0 amide bonds. The van der Waals surface area contributed by atoms with Crippen LogP contribution in [0, 0.1) is 0 Å². The maximum absolute atomic E-state index is 10.5. The van der Waals surface area contributed by atoms with Gasteiger partial charge >= 0.3 is 95.1 Å². The average Bonchev–Trinajstić information content (AvgIpc) is 2.22. The van der Waals surface area contributed by atoms with Crippen LogP contribution >= 0.6 is 0 Å². The molecule has 0 saturated heterocycles. The van der Waals surface area contributed by atoms with E-state index in [4.69, 9.17) is 5.11 Å². The number of aliphatic carboxylic acids is 4. The van der Waals surface area contributed by atoms with Gasteiger partial charge in [0, 0.05) is 32.7 Å². The normalized spacial score (nSPS) is 9.73. The van der Waals surface area contributed by atoms with Crippen LogP contribution in [0.3, 0.4) is 0 Å². The van der Waals surface area contributed by atoms with Crippen molar-refractivity contribution in [2.45, 2.75) is 0 Å². The predicted octanol–water partition coefficient (Wildman–Crippen LogP) is -9.45. The molecule has 12 heteroatoms. The van der Waals surface area contributed by atoms with E-state index in [0.29, 0.717) is 0 Å². The van der Waals surface area contributed by atoms with Gasteiger partial charge in [-0.1, -0.05) is 0 Å². The Morgan fingerprint density at radius 1 is 0.727 bits per heavy atom. The largest absolute Gasteiger partial charge is 2.00 e. The Hall–Kier alpha value is 0.696. The molecule has 114 valence electrons. The molecular formula is C10H13CaKN2O8. The van der Waals surface area contributed by atoms with E-state index in [9.17, 15) is 34.5 Å². The van der Waals surface area contributed by atoms with Gasteiger partial charge in [0.05, 0.1) is 24.5 Å². The zero-order valence-corrected chi connectivity index (χ0v) is 17.5. The monoisotopic (exact) mass is 368 g/mol. The summed E-state index contributed by atoms with van der Waals surface area (Å²) in [6.45, 7) is -3.00. The molecule has 0 atom stereocenters. The van der Waals surface area contributed by atoms with Crippen molar-refractivity contribution in [3.8, 4) is 0 Å². The van der Waals surface area contributed by atoms with Gasteiger partial charge in [0.2, 0.25) is 0 Å². The number of carboxylic acid groups (broad SMARTS) is 4. The summed E-state index contributed by atoms with van der Waals surface area (Å²) < 4.78 is 0. The fourth-order valence-electron chi connectivity index (χ4n) is 1.45. The van der Waals surface area contributed by atoms with E-state index in [-0.39, 0.29) is 102 Å². The number of hydrogen-bond donors (Lipinski definition) is 1.